The van der Waals surface area contributed by atoms with Crippen LogP contribution in [0, 0.1) is 0 Å². The Morgan fingerprint density at radius 3 is 2.47 bits per heavy atom. The van der Waals surface area contributed by atoms with Crippen LogP contribution in [0.1, 0.15) is 49.1 Å². The lowest BCUT2D eigenvalue weighted by atomic mass is 9.72. The minimum atomic E-state index is -0.0777. The maximum Gasteiger partial charge on any atom is 0.0444 e. The third-order valence-corrected chi connectivity index (χ3v) is 4.17. The van der Waals surface area contributed by atoms with E-state index in [1.807, 2.05) is 0 Å². The van der Waals surface area contributed by atoms with Crippen LogP contribution < -0.4 is 5.73 Å². The van der Waals surface area contributed by atoms with Crippen molar-refractivity contribution in [1.82, 2.24) is 0 Å². The van der Waals surface area contributed by atoms with Crippen LogP contribution in [0.4, 0.5) is 0 Å². The van der Waals surface area contributed by atoms with Crippen LogP contribution in [0.2, 0.25) is 5.02 Å². The third kappa shape index (κ3) is 1.58. The summed E-state index contributed by atoms with van der Waals surface area (Å²) in [6, 6.07) is 6.45. The van der Waals surface area contributed by atoms with E-state index in [2.05, 4.69) is 18.2 Å². The minimum absolute atomic E-state index is 0.0777. The molecule has 0 saturated heterocycles. The molecule has 1 aromatic carbocycles. The van der Waals surface area contributed by atoms with E-state index in [4.69, 9.17) is 17.3 Å². The second kappa shape index (κ2) is 3.23. The summed E-state index contributed by atoms with van der Waals surface area (Å²) in [4.78, 5) is 0. The van der Waals surface area contributed by atoms with E-state index in [0.717, 1.165) is 23.8 Å². The molecule has 0 radical (unpaired) electrons. The predicted molar refractivity (Wildman–Crippen MR) is 63.1 cm³/mol. The van der Waals surface area contributed by atoms with E-state index in [1.165, 1.54) is 30.4 Å². The lowest BCUT2D eigenvalue weighted by molar-refractivity contribution is 0.253. The Morgan fingerprint density at radius 1 is 1.27 bits per heavy atom. The van der Waals surface area contributed by atoms with Crippen molar-refractivity contribution in [3.05, 3.63) is 34.3 Å². The maximum atomic E-state index is 6.30. The Bertz CT molecular complexity index is 392. The number of rotatable bonds is 2. The lowest BCUT2D eigenvalue weighted by Crippen LogP contribution is -2.43. The van der Waals surface area contributed by atoms with Crippen molar-refractivity contribution in [2.75, 3.05) is 0 Å². The fourth-order valence-corrected chi connectivity index (χ4v) is 2.74. The van der Waals surface area contributed by atoms with Gasteiger partial charge < -0.3 is 5.73 Å². The van der Waals surface area contributed by atoms with Gasteiger partial charge in [-0.25, -0.2) is 0 Å². The molecule has 2 aliphatic carbocycles. The third-order valence-electron chi connectivity index (χ3n) is 3.84. The standard InChI is InChI=1S/C13H16ClN/c14-12-8-10(13(15)6-1-7-13)4-5-11(12)9-2-3-9/h4-5,8-9H,1-3,6-7,15H2. The van der Waals surface area contributed by atoms with E-state index in [-0.39, 0.29) is 5.54 Å². The first-order chi connectivity index (χ1) is 7.19. The van der Waals surface area contributed by atoms with E-state index in [1.54, 1.807) is 0 Å². The Morgan fingerprint density at radius 2 is 2.00 bits per heavy atom. The molecule has 80 valence electrons. The number of hydrogen-bond acceptors (Lipinski definition) is 1. The van der Waals surface area contributed by atoms with Gasteiger partial charge in [0.15, 0.2) is 0 Å². The Kier molecular flexibility index (Phi) is 2.08. The van der Waals surface area contributed by atoms with Gasteiger partial charge in [0.25, 0.3) is 0 Å². The van der Waals surface area contributed by atoms with Crippen molar-refractivity contribution in [2.24, 2.45) is 5.73 Å². The highest BCUT2D eigenvalue weighted by Crippen LogP contribution is 2.45. The van der Waals surface area contributed by atoms with Gasteiger partial charge in [-0.2, -0.15) is 0 Å². The summed E-state index contributed by atoms with van der Waals surface area (Å²) in [6.45, 7) is 0. The minimum Gasteiger partial charge on any atom is -0.321 e. The maximum absolute atomic E-state index is 6.30. The Labute approximate surface area is 95.6 Å². The van der Waals surface area contributed by atoms with Gasteiger partial charge in [-0.05, 0) is 55.2 Å². The van der Waals surface area contributed by atoms with Crippen molar-refractivity contribution >= 4 is 11.6 Å². The van der Waals surface area contributed by atoms with Gasteiger partial charge in [0.1, 0.15) is 0 Å². The lowest BCUT2D eigenvalue weighted by Gasteiger charge is -2.38. The van der Waals surface area contributed by atoms with Crippen LogP contribution in [0.15, 0.2) is 18.2 Å². The molecule has 0 bridgehead atoms. The first kappa shape index (κ1) is 9.68. The molecule has 3 rings (SSSR count). The van der Waals surface area contributed by atoms with Crippen molar-refractivity contribution in [2.45, 2.75) is 43.6 Å². The molecule has 2 aliphatic rings. The Hall–Kier alpha value is -0.530. The molecule has 2 heteroatoms. The highest BCUT2D eigenvalue weighted by atomic mass is 35.5. The van der Waals surface area contributed by atoms with Gasteiger partial charge in [-0.3, -0.25) is 0 Å². The summed E-state index contributed by atoms with van der Waals surface area (Å²) in [5.74, 6) is 0.724. The summed E-state index contributed by atoms with van der Waals surface area (Å²) in [5.41, 5.74) is 8.75. The molecule has 1 nitrogen and oxygen atoms in total. The highest BCUT2D eigenvalue weighted by molar-refractivity contribution is 6.31. The first-order valence-corrected chi connectivity index (χ1v) is 6.16. The molecule has 0 atom stereocenters. The van der Waals surface area contributed by atoms with Gasteiger partial charge in [0.2, 0.25) is 0 Å². The largest absolute Gasteiger partial charge is 0.321 e. The summed E-state index contributed by atoms with van der Waals surface area (Å²) in [5, 5.41) is 0.923. The second-order valence-electron chi connectivity index (χ2n) is 5.02. The Balaban J connectivity index is 1.94. The number of benzene rings is 1. The summed E-state index contributed by atoms with van der Waals surface area (Å²) in [6.07, 6.45) is 6.05. The van der Waals surface area contributed by atoms with Crippen LogP contribution in [-0.2, 0) is 5.54 Å². The fraction of sp³-hybridized carbons (Fsp3) is 0.538. The zero-order chi connectivity index (χ0) is 10.5. The molecule has 2 saturated carbocycles. The van der Waals surface area contributed by atoms with Crippen LogP contribution in [0.5, 0.6) is 0 Å². The topological polar surface area (TPSA) is 26.0 Å². The molecule has 0 spiro atoms. The molecule has 0 heterocycles. The fourth-order valence-electron chi connectivity index (χ4n) is 2.41. The molecule has 2 fully saturated rings. The molecule has 15 heavy (non-hydrogen) atoms. The summed E-state index contributed by atoms with van der Waals surface area (Å²) < 4.78 is 0. The monoisotopic (exact) mass is 221 g/mol. The van der Waals surface area contributed by atoms with E-state index >= 15 is 0 Å². The molecule has 0 amide bonds. The molecule has 1 aromatic rings. The average molecular weight is 222 g/mol. The first-order valence-electron chi connectivity index (χ1n) is 5.78. The van der Waals surface area contributed by atoms with Gasteiger partial charge in [-0.1, -0.05) is 23.7 Å². The number of halogens is 1. The van der Waals surface area contributed by atoms with Crippen molar-refractivity contribution in [3.8, 4) is 0 Å². The van der Waals surface area contributed by atoms with E-state index < -0.39 is 0 Å². The van der Waals surface area contributed by atoms with Gasteiger partial charge in [0.05, 0.1) is 0 Å². The SMILES string of the molecule is NC1(c2ccc(C3CC3)c(Cl)c2)CCC1. The van der Waals surface area contributed by atoms with Crippen molar-refractivity contribution in [1.29, 1.82) is 0 Å². The zero-order valence-electron chi connectivity index (χ0n) is 8.80. The molecule has 0 unspecified atom stereocenters. The summed E-state index contributed by atoms with van der Waals surface area (Å²) in [7, 11) is 0. The number of nitrogens with two attached hydrogens (primary N) is 1. The average Bonchev–Trinajstić information content (AvgIpc) is 2.97. The van der Waals surface area contributed by atoms with Crippen LogP contribution >= 0.6 is 11.6 Å². The smallest absolute Gasteiger partial charge is 0.0444 e. The van der Waals surface area contributed by atoms with Crippen LogP contribution in [0.25, 0.3) is 0 Å². The molecule has 0 aromatic heterocycles. The molecular formula is C13H16ClN. The van der Waals surface area contributed by atoms with Gasteiger partial charge in [-0.15, -0.1) is 0 Å². The zero-order valence-corrected chi connectivity index (χ0v) is 9.56. The highest BCUT2D eigenvalue weighted by Gasteiger charge is 2.35. The molecule has 2 N–H and O–H groups in total. The number of hydrogen-bond donors (Lipinski definition) is 1. The van der Waals surface area contributed by atoms with E-state index in [9.17, 15) is 0 Å². The van der Waals surface area contributed by atoms with Crippen LogP contribution in [-0.4, -0.2) is 0 Å². The van der Waals surface area contributed by atoms with Crippen molar-refractivity contribution < 1.29 is 0 Å². The van der Waals surface area contributed by atoms with Gasteiger partial charge >= 0.3 is 0 Å². The van der Waals surface area contributed by atoms with E-state index in [0.29, 0.717) is 0 Å². The second-order valence-corrected chi connectivity index (χ2v) is 5.43. The van der Waals surface area contributed by atoms with Crippen molar-refractivity contribution in [3.63, 3.8) is 0 Å². The summed E-state index contributed by atoms with van der Waals surface area (Å²) >= 11 is 6.30. The predicted octanol–water partition coefficient (Wildman–Crippen LogP) is 3.56. The normalized spacial score (nSPS) is 23.6. The van der Waals surface area contributed by atoms with Gasteiger partial charge in [0, 0.05) is 10.6 Å². The van der Waals surface area contributed by atoms with Crippen LogP contribution in [0.3, 0.4) is 0 Å². The quantitative estimate of drug-likeness (QED) is 0.812. The molecule has 0 aliphatic heterocycles. The molecular weight excluding hydrogens is 206 g/mol.